The van der Waals surface area contributed by atoms with E-state index in [1.54, 1.807) is 32.5 Å². The summed E-state index contributed by atoms with van der Waals surface area (Å²) < 4.78 is 15.9. The van der Waals surface area contributed by atoms with E-state index in [-0.39, 0.29) is 5.78 Å². The average molecular weight is 315 g/mol. The number of hydrogen-bond donors (Lipinski definition) is 0. The van der Waals surface area contributed by atoms with Crippen LogP contribution in [0.5, 0.6) is 17.4 Å². The molecule has 122 valence electrons. The second-order valence-electron chi connectivity index (χ2n) is 5.30. The van der Waals surface area contributed by atoms with Crippen LogP contribution < -0.4 is 14.2 Å². The van der Waals surface area contributed by atoms with E-state index in [0.29, 0.717) is 28.5 Å². The quantitative estimate of drug-likeness (QED) is 0.793. The third-order valence-corrected chi connectivity index (χ3v) is 3.95. The van der Waals surface area contributed by atoms with Crippen LogP contribution in [0.3, 0.4) is 0 Å². The number of aromatic nitrogens is 1. The van der Waals surface area contributed by atoms with E-state index >= 15 is 0 Å². The maximum absolute atomic E-state index is 13.1. The first kappa shape index (κ1) is 16.8. The van der Waals surface area contributed by atoms with E-state index < -0.39 is 0 Å². The van der Waals surface area contributed by atoms with E-state index in [2.05, 4.69) is 4.98 Å². The number of pyridine rings is 1. The van der Waals surface area contributed by atoms with Gasteiger partial charge in [-0.1, -0.05) is 0 Å². The van der Waals surface area contributed by atoms with Crippen molar-refractivity contribution in [3.05, 3.63) is 46.1 Å². The van der Waals surface area contributed by atoms with Crippen molar-refractivity contribution in [2.75, 3.05) is 21.3 Å². The lowest BCUT2D eigenvalue weighted by Gasteiger charge is -2.15. The highest BCUT2D eigenvalue weighted by Crippen LogP contribution is 2.33. The lowest BCUT2D eigenvalue weighted by Crippen LogP contribution is -2.11. The molecular formula is C18H21NO4. The van der Waals surface area contributed by atoms with Gasteiger partial charge in [0, 0.05) is 11.8 Å². The highest BCUT2D eigenvalue weighted by Gasteiger charge is 2.23. The summed E-state index contributed by atoms with van der Waals surface area (Å²) in [6, 6.07) is 3.48. The highest BCUT2D eigenvalue weighted by atomic mass is 16.5. The zero-order valence-electron chi connectivity index (χ0n) is 14.3. The van der Waals surface area contributed by atoms with E-state index in [0.717, 1.165) is 16.7 Å². The van der Waals surface area contributed by atoms with Crippen LogP contribution in [0.4, 0.5) is 0 Å². The lowest BCUT2D eigenvalue weighted by atomic mass is 9.95. The van der Waals surface area contributed by atoms with Gasteiger partial charge >= 0.3 is 0 Å². The van der Waals surface area contributed by atoms with Crippen LogP contribution in [0.1, 0.15) is 32.6 Å². The monoisotopic (exact) mass is 315 g/mol. The number of carbonyl (C=O) groups is 1. The van der Waals surface area contributed by atoms with Crippen molar-refractivity contribution in [1.82, 2.24) is 4.98 Å². The molecule has 0 aliphatic heterocycles. The number of ketones is 1. The number of methoxy groups -OCH3 is 3. The summed E-state index contributed by atoms with van der Waals surface area (Å²) in [6.45, 7) is 5.67. The van der Waals surface area contributed by atoms with Gasteiger partial charge in [-0.25, -0.2) is 4.98 Å². The predicted molar refractivity (Wildman–Crippen MR) is 88.0 cm³/mol. The van der Waals surface area contributed by atoms with Crippen LogP contribution in [0.25, 0.3) is 0 Å². The minimum Gasteiger partial charge on any atom is -0.493 e. The first-order valence-corrected chi connectivity index (χ1v) is 7.22. The number of nitrogens with zero attached hydrogens (tertiary/aromatic N) is 1. The zero-order chi connectivity index (χ0) is 17.1. The predicted octanol–water partition coefficient (Wildman–Crippen LogP) is 3.26. The summed E-state index contributed by atoms with van der Waals surface area (Å²) in [6.07, 6.45) is 1.70. The molecular weight excluding hydrogens is 294 g/mol. The number of carbonyl (C=O) groups excluding carboxylic acids is 1. The molecule has 1 aromatic heterocycles. The number of hydrogen-bond acceptors (Lipinski definition) is 5. The van der Waals surface area contributed by atoms with Crippen LogP contribution in [-0.4, -0.2) is 32.1 Å². The molecule has 0 aliphatic carbocycles. The molecule has 1 heterocycles. The highest BCUT2D eigenvalue weighted by molar-refractivity contribution is 6.12. The molecule has 5 nitrogen and oxygen atoms in total. The fraction of sp³-hybridized carbons (Fsp3) is 0.333. The minimum absolute atomic E-state index is 0.144. The topological polar surface area (TPSA) is 57.7 Å². The van der Waals surface area contributed by atoms with Gasteiger partial charge in [0.1, 0.15) is 0 Å². The molecule has 2 aromatic rings. The van der Waals surface area contributed by atoms with Gasteiger partial charge < -0.3 is 14.2 Å². The average Bonchev–Trinajstić information content (AvgIpc) is 2.56. The van der Waals surface area contributed by atoms with Crippen LogP contribution >= 0.6 is 0 Å². The first-order chi connectivity index (χ1) is 10.9. The second-order valence-corrected chi connectivity index (χ2v) is 5.30. The molecule has 0 N–H and O–H groups in total. The maximum Gasteiger partial charge on any atom is 0.224 e. The van der Waals surface area contributed by atoms with Crippen molar-refractivity contribution in [2.24, 2.45) is 0 Å². The maximum atomic E-state index is 13.1. The molecule has 0 radical (unpaired) electrons. The SMILES string of the molecule is COc1cc(C)c(C(=O)c2c(OC)ncc(C)c2C)cc1OC. The Morgan fingerprint density at radius 2 is 1.52 bits per heavy atom. The Bertz CT molecular complexity index is 753. The Morgan fingerprint density at radius 3 is 2.09 bits per heavy atom. The molecule has 1 aromatic carbocycles. The number of benzene rings is 1. The lowest BCUT2D eigenvalue weighted by molar-refractivity contribution is 0.103. The van der Waals surface area contributed by atoms with E-state index in [4.69, 9.17) is 14.2 Å². The summed E-state index contributed by atoms with van der Waals surface area (Å²) in [5.74, 6) is 1.28. The summed E-state index contributed by atoms with van der Waals surface area (Å²) >= 11 is 0. The molecule has 2 rings (SSSR count). The molecule has 0 saturated heterocycles. The third-order valence-electron chi connectivity index (χ3n) is 3.95. The number of ether oxygens (including phenoxy) is 3. The van der Waals surface area contributed by atoms with Crippen molar-refractivity contribution < 1.29 is 19.0 Å². The van der Waals surface area contributed by atoms with Gasteiger partial charge in [0.05, 0.1) is 26.9 Å². The molecule has 0 fully saturated rings. The molecule has 0 saturated carbocycles. The van der Waals surface area contributed by atoms with Gasteiger partial charge in [-0.3, -0.25) is 4.79 Å². The van der Waals surface area contributed by atoms with Gasteiger partial charge in [-0.2, -0.15) is 0 Å². The fourth-order valence-electron chi connectivity index (χ4n) is 2.46. The van der Waals surface area contributed by atoms with Crippen molar-refractivity contribution in [3.63, 3.8) is 0 Å². The van der Waals surface area contributed by atoms with Crippen LogP contribution in [-0.2, 0) is 0 Å². The Kier molecular flexibility index (Phi) is 4.89. The van der Waals surface area contributed by atoms with Crippen LogP contribution in [0, 0.1) is 20.8 Å². The van der Waals surface area contributed by atoms with Crippen molar-refractivity contribution in [1.29, 1.82) is 0 Å². The van der Waals surface area contributed by atoms with E-state index in [1.807, 2.05) is 20.8 Å². The fourth-order valence-corrected chi connectivity index (χ4v) is 2.46. The molecule has 23 heavy (non-hydrogen) atoms. The number of rotatable bonds is 5. The molecule has 0 bridgehead atoms. The molecule has 0 atom stereocenters. The number of aryl methyl sites for hydroxylation is 2. The smallest absolute Gasteiger partial charge is 0.224 e. The molecule has 0 amide bonds. The van der Waals surface area contributed by atoms with Crippen molar-refractivity contribution in [2.45, 2.75) is 20.8 Å². The summed E-state index contributed by atoms with van der Waals surface area (Å²) in [4.78, 5) is 17.3. The Labute approximate surface area is 136 Å². The summed E-state index contributed by atoms with van der Waals surface area (Å²) in [5.41, 5.74) is 3.61. The third kappa shape index (κ3) is 2.99. The summed E-state index contributed by atoms with van der Waals surface area (Å²) in [5, 5.41) is 0. The second kappa shape index (κ2) is 6.69. The zero-order valence-corrected chi connectivity index (χ0v) is 14.3. The van der Waals surface area contributed by atoms with Gasteiger partial charge in [0.2, 0.25) is 5.88 Å². The van der Waals surface area contributed by atoms with Gasteiger partial charge in [0.25, 0.3) is 0 Å². The van der Waals surface area contributed by atoms with Gasteiger partial charge in [-0.05, 0) is 49.6 Å². The molecule has 5 heteroatoms. The van der Waals surface area contributed by atoms with Gasteiger partial charge in [0.15, 0.2) is 17.3 Å². The molecule has 0 unspecified atom stereocenters. The minimum atomic E-state index is -0.144. The van der Waals surface area contributed by atoms with E-state index in [1.165, 1.54) is 7.11 Å². The summed E-state index contributed by atoms with van der Waals surface area (Å²) in [7, 11) is 4.62. The van der Waals surface area contributed by atoms with E-state index in [9.17, 15) is 4.79 Å². The Morgan fingerprint density at radius 1 is 0.913 bits per heavy atom. The first-order valence-electron chi connectivity index (χ1n) is 7.22. The van der Waals surface area contributed by atoms with Gasteiger partial charge in [-0.15, -0.1) is 0 Å². The normalized spacial score (nSPS) is 10.3. The van der Waals surface area contributed by atoms with Crippen molar-refractivity contribution >= 4 is 5.78 Å². The molecule has 0 aliphatic rings. The van der Waals surface area contributed by atoms with Crippen LogP contribution in [0.2, 0.25) is 0 Å². The van der Waals surface area contributed by atoms with Crippen LogP contribution in [0.15, 0.2) is 18.3 Å². The molecule has 0 spiro atoms. The largest absolute Gasteiger partial charge is 0.493 e. The van der Waals surface area contributed by atoms with Crippen molar-refractivity contribution in [3.8, 4) is 17.4 Å². The Balaban J connectivity index is 2.64. The standard InChI is InChI=1S/C18H21NO4/c1-10-7-14(21-4)15(22-5)8-13(10)17(20)16-12(3)11(2)9-19-18(16)23-6/h7-9H,1-6H3. The Hall–Kier alpha value is -2.56.